The third-order valence-corrected chi connectivity index (χ3v) is 4.42. The van der Waals surface area contributed by atoms with Crippen molar-refractivity contribution >= 4 is 5.78 Å². The predicted molar refractivity (Wildman–Crippen MR) is 64.9 cm³/mol. The van der Waals surface area contributed by atoms with Gasteiger partial charge in [0.1, 0.15) is 12.0 Å². The third kappa shape index (κ3) is 1.39. The number of benzene rings is 1. The number of halogens is 1. The lowest BCUT2D eigenvalue weighted by Gasteiger charge is -2.37. The third-order valence-electron chi connectivity index (χ3n) is 4.42. The highest BCUT2D eigenvalue weighted by Gasteiger charge is 2.52. The van der Waals surface area contributed by atoms with Crippen molar-refractivity contribution < 1.29 is 9.18 Å². The molecule has 2 heteroatoms. The van der Waals surface area contributed by atoms with Gasteiger partial charge >= 0.3 is 0 Å². The molecule has 1 fully saturated rings. The Labute approximate surface area is 101 Å². The zero-order chi connectivity index (χ0) is 12.0. The van der Waals surface area contributed by atoms with Crippen molar-refractivity contribution in [3.8, 4) is 0 Å². The van der Waals surface area contributed by atoms with Gasteiger partial charge in [-0.25, -0.2) is 4.39 Å². The van der Waals surface area contributed by atoms with Crippen molar-refractivity contribution in [3.63, 3.8) is 0 Å². The Morgan fingerprint density at radius 1 is 1.35 bits per heavy atom. The first kappa shape index (κ1) is 10.9. The molecule has 0 unspecified atom stereocenters. The van der Waals surface area contributed by atoms with Crippen LogP contribution in [0.2, 0.25) is 0 Å². The first-order valence-corrected chi connectivity index (χ1v) is 6.42. The van der Waals surface area contributed by atoms with E-state index in [0.29, 0.717) is 19.3 Å². The van der Waals surface area contributed by atoms with Crippen LogP contribution in [0.15, 0.2) is 18.2 Å². The van der Waals surface area contributed by atoms with Gasteiger partial charge in [-0.2, -0.15) is 0 Å². The van der Waals surface area contributed by atoms with E-state index in [0.717, 1.165) is 18.4 Å². The van der Waals surface area contributed by atoms with Crippen LogP contribution in [0.5, 0.6) is 0 Å². The van der Waals surface area contributed by atoms with E-state index in [1.807, 2.05) is 19.1 Å². The van der Waals surface area contributed by atoms with Crippen LogP contribution in [-0.2, 0) is 16.6 Å². The smallest absolute Gasteiger partial charge is 0.146 e. The largest absolute Gasteiger partial charge is 0.299 e. The van der Waals surface area contributed by atoms with Gasteiger partial charge in [-0.05, 0) is 43.7 Å². The molecule has 0 radical (unpaired) electrons. The van der Waals surface area contributed by atoms with Crippen LogP contribution in [0.3, 0.4) is 0 Å². The molecule has 17 heavy (non-hydrogen) atoms. The first-order chi connectivity index (χ1) is 8.14. The SMILES string of the molecule is Cc1ccc2c(c1)CC[C@@H](F)[C@]21CCCC1=O. The zero-order valence-corrected chi connectivity index (χ0v) is 10.1. The molecule has 3 rings (SSSR count). The second-order valence-electron chi connectivity index (χ2n) is 5.41. The van der Waals surface area contributed by atoms with Crippen molar-refractivity contribution in [2.75, 3.05) is 0 Å². The highest BCUT2D eigenvalue weighted by Crippen LogP contribution is 2.48. The number of hydrogen-bond acceptors (Lipinski definition) is 1. The standard InChI is InChI=1S/C15H17FO/c1-10-4-6-12-11(9-10)5-7-13(16)15(12)8-2-3-14(15)17/h4,6,9,13H,2-3,5,7-8H2,1H3/t13-,15+/m1/s1. The van der Waals surface area contributed by atoms with E-state index in [1.54, 1.807) is 0 Å². The highest BCUT2D eigenvalue weighted by atomic mass is 19.1. The molecule has 0 heterocycles. The Bertz CT molecular complexity index is 480. The van der Waals surface area contributed by atoms with Crippen LogP contribution < -0.4 is 0 Å². The molecule has 1 aromatic carbocycles. The molecule has 0 bridgehead atoms. The van der Waals surface area contributed by atoms with Crippen LogP contribution in [0.1, 0.15) is 42.4 Å². The number of alkyl halides is 1. The summed E-state index contributed by atoms with van der Waals surface area (Å²) >= 11 is 0. The van der Waals surface area contributed by atoms with Crippen molar-refractivity contribution in [2.24, 2.45) is 0 Å². The van der Waals surface area contributed by atoms with Crippen molar-refractivity contribution in [2.45, 2.75) is 50.6 Å². The number of ketones is 1. The molecule has 1 aromatic rings. The normalized spacial score (nSPS) is 31.9. The molecule has 2 aliphatic carbocycles. The van der Waals surface area contributed by atoms with E-state index in [1.165, 1.54) is 11.1 Å². The molecular weight excluding hydrogens is 215 g/mol. The minimum absolute atomic E-state index is 0.120. The molecule has 90 valence electrons. The lowest BCUT2D eigenvalue weighted by Crippen LogP contribution is -2.44. The van der Waals surface area contributed by atoms with Gasteiger partial charge in [-0.3, -0.25) is 4.79 Å². The Hall–Kier alpha value is -1.18. The van der Waals surface area contributed by atoms with Gasteiger partial charge in [0.15, 0.2) is 0 Å². The van der Waals surface area contributed by atoms with Crippen molar-refractivity contribution in [1.82, 2.24) is 0 Å². The molecule has 2 atom stereocenters. The number of aryl methyl sites for hydroxylation is 2. The molecule has 0 amide bonds. The molecular formula is C15H17FO. The molecule has 1 nitrogen and oxygen atoms in total. The Morgan fingerprint density at radius 2 is 2.18 bits per heavy atom. The average molecular weight is 232 g/mol. The van der Waals surface area contributed by atoms with Crippen LogP contribution in [0.25, 0.3) is 0 Å². The highest BCUT2D eigenvalue weighted by molar-refractivity contribution is 5.93. The first-order valence-electron chi connectivity index (χ1n) is 6.42. The summed E-state index contributed by atoms with van der Waals surface area (Å²) in [7, 11) is 0. The summed E-state index contributed by atoms with van der Waals surface area (Å²) in [5, 5.41) is 0. The summed E-state index contributed by atoms with van der Waals surface area (Å²) in [5.74, 6) is 0.120. The van der Waals surface area contributed by atoms with Gasteiger partial charge in [-0.15, -0.1) is 0 Å². The zero-order valence-electron chi connectivity index (χ0n) is 10.1. The number of hydrogen-bond donors (Lipinski definition) is 0. The molecule has 0 N–H and O–H groups in total. The molecule has 2 aliphatic rings. The average Bonchev–Trinajstić information content (AvgIpc) is 2.68. The second-order valence-corrected chi connectivity index (χ2v) is 5.41. The molecule has 1 saturated carbocycles. The van der Waals surface area contributed by atoms with Gasteiger partial charge < -0.3 is 0 Å². The Balaban J connectivity index is 2.20. The monoisotopic (exact) mass is 232 g/mol. The summed E-state index contributed by atoms with van der Waals surface area (Å²) in [6, 6.07) is 6.11. The lowest BCUT2D eigenvalue weighted by atomic mass is 9.67. The summed E-state index contributed by atoms with van der Waals surface area (Å²) in [4.78, 5) is 12.2. The van der Waals surface area contributed by atoms with Crippen LogP contribution >= 0.6 is 0 Å². The molecule has 0 aliphatic heterocycles. The van der Waals surface area contributed by atoms with E-state index in [4.69, 9.17) is 0 Å². The number of carbonyl (C=O) groups is 1. The Kier molecular flexibility index (Phi) is 2.35. The summed E-state index contributed by atoms with van der Waals surface area (Å²) in [6.45, 7) is 2.05. The maximum Gasteiger partial charge on any atom is 0.146 e. The van der Waals surface area contributed by atoms with Gasteiger partial charge in [0.05, 0.1) is 5.41 Å². The number of Topliss-reactive ketones (excluding diaryl/α,β-unsaturated/α-hetero) is 1. The topological polar surface area (TPSA) is 17.1 Å². The van der Waals surface area contributed by atoms with E-state index < -0.39 is 11.6 Å². The number of carbonyl (C=O) groups excluding carboxylic acids is 1. The summed E-state index contributed by atoms with van der Waals surface area (Å²) in [5.41, 5.74) is 2.57. The van der Waals surface area contributed by atoms with Gasteiger partial charge in [0.2, 0.25) is 0 Å². The lowest BCUT2D eigenvalue weighted by molar-refractivity contribution is -0.124. The fourth-order valence-electron chi connectivity index (χ4n) is 3.57. The maximum atomic E-state index is 14.4. The van der Waals surface area contributed by atoms with Crippen LogP contribution in [0, 0.1) is 6.92 Å². The van der Waals surface area contributed by atoms with E-state index in [9.17, 15) is 9.18 Å². The summed E-state index contributed by atoms with van der Waals surface area (Å²) < 4.78 is 14.4. The minimum atomic E-state index is -0.979. The van der Waals surface area contributed by atoms with Gasteiger partial charge in [0, 0.05) is 6.42 Å². The number of fused-ring (bicyclic) bond motifs is 2. The van der Waals surface area contributed by atoms with Crippen molar-refractivity contribution in [3.05, 3.63) is 34.9 Å². The van der Waals surface area contributed by atoms with Gasteiger partial charge in [-0.1, -0.05) is 23.8 Å². The molecule has 1 spiro atoms. The fraction of sp³-hybridized carbons (Fsp3) is 0.533. The quantitative estimate of drug-likeness (QED) is 0.671. The minimum Gasteiger partial charge on any atom is -0.299 e. The van der Waals surface area contributed by atoms with E-state index in [-0.39, 0.29) is 5.78 Å². The van der Waals surface area contributed by atoms with E-state index in [2.05, 4.69) is 6.07 Å². The van der Waals surface area contributed by atoms with E-state index >= 15 is 0 Å². The van der Waals surface area contributed by atoms with Gasteiger partial charge in [0.25, 0.3) is 0 Å². The maximum absolute atomic E-state index is 14.4. The van der Waals surface area contributed by atoms with Crippen LogP contribution in [0.4, 0.5) is 4.39 Å². The Morgan fingerprint density at radius 3 is 2.88 bits per heavy atom. The second kappa shape index (κ2) is 3.66. The summed E-state index contributed by atoms with van der Waals surface area (Å²) in [6.07, 6.45) is 2.38. The molecule has 0 aromatic heterocycles. The number of rotatable bonds is 0. The molecule has 0 saturated heterocycles. The van der Waals surface area contributed by atoms with Crippen molar-refractivity contribution in [1.29, 1.82) is 0 Å². The predicted octanol–water partition coefficient (Wildman–Crippen LogP) is 3.27. The fourth-order valence-corrected chi connectivity index (χ4v) is 3.57. The van der Waals surface area contributed by atoms with Crippen LogP contribution in [-0.4, -0.2) is 12.0 Å².